The van der Waals surface area contributed by atoms with E-state index < -0.39 is 0 Å². The minimum Gasteiger partial charge on any atom is -0.497 e. The van der Waals surface area contributed by atoms with E-state index >= 15 is 0 Å². The molecule has 1 aromatic carbocycles. The maximum atomic E-state index is 12.8. The summed E-state index contributed by atoms with van der Waals surface area (Å²) in [5.74, 6) is 0.635. The summed E-state index contributed by atoms with van der Waals surface area (Å²) in [6.07, 6.45) is 0. The van der Waals surface area contributed by atoms with E-state index in [-0.39, 0.29) is 5.91 Å². The molecular weight excluding hydrogens is 366 g/mol. The highest BCUT2D eigenvalue weighted by Crippen LogP contribution is 2.28. The number of thiazole rings is 1. The zero-order valence-corrected chi connectivity index (χ0v) is 16.5. The number of aromatic nitrogens is 1. The van der Waals surface area contributed by atoms with Gasteiger partial charge in [-0.15, -0.1) is 0 Å². The van der Waals surface area contributed by atoms with Gasteiger partial charge in [0.25, 0.3) is 5.91 Å². The quantitative estimate of drug-likeness (QED) is 0.745. The molecule has 1 saturated heterocycles. The van der Waals surface area contributed by atoms with Crippen molar-refractivity contribution in [1.29, 1.82) is 0 Å². The molecule has 0 radical (unpaired) electrons. The van der Waals surface area contributed by atoms with Crippen LogP contribution in [0.25, 0.3) is 0 Å². The van der Waals surface area contributed by atoms with Gasteiger partial charge in [-0.25, -0.2) is 4.98 Å². The van der Waals surface area contributed by atoms with Crippen LogP contribution in [-0.2, 0) is 22.6 Å². The summed E-state index contributed by atoms with van der Waals surface area (Å²) in [6.45, 7) is 6.19. The molecule has 0 saturated carbocycles. The molecule has 0 bridgehead atoms. The van der Waals surface area contributed by atoms with Crippen LogP contribution in [0.2, 0.25) is 0 Å². The van der Waals surface area contributed by atoms with Crippen LogP contribution in [0.4, 0.5) is 5.13 Å². The van der Waals surface area contributed by atoms with Crippen LogP contribution < -0.4 is 15.0 Å². The Morgan fingerprint density at radius 2 is 2.19 bits per heavy atom. The summed E-state index contributed by atoms with van der Waals surface area (Å²) >= 11 is 1.41. The minimum absolute atomic E-state index is 0.135. The molecule has 1 aromatic heterocycles. The van der Waals surface area contributed by atoms with Crippen LogP contribution in [0.1, 0.15) is 27.9 Å². The molecule has 0 aliphatic carbocycles. The fraction of sp³-hybridized carbons (Fsp3) is 0.474. The Kier molecular flexibility index (Phi) is 7.03. The van der Waals surface area contributed by atoms with Crippen molar-refractivity contribution in [2.75, 3.05) is 44.9 Å². The number of nitrogens with zero attached hydrogens (tertiary/aromatic N) is 2. The molecule has 1 aliphatic heterocycles. The van der Waals surface area contributed by atoms with Gasteiger partial charge in [0.1, 0.15) is 10.6 Å². The van der Waals surface area contributed by atoms with E-state index in [9.17, 15) is 4.79 Å². The first kappa shape index (κ1) is 19.6. The Hall–Kier alpha value is -2.16. The van der Waals surface area contributed by atoms with Gasteiger partial charge < -0.3 is 24.4 Å². The number of rotatable bonds is 8. The lowest BCUT2D eigenvalue weighted by atomic mass is 10.2. The van der Waals surface area contributed by atoms with Crippen LogP contribution in [-0.4, -0.2) is 50.9 Å². The Labute approximate surface area is 163 Å². The Morgan fingerprint density at radius 3 is 2.93 bits per heavy atom. The number of hydrogen-bond acceptors (Lipinski definition) is 7. The molecular formula is C19H25N3O4S. The predicted octanol–water partition coefficient (Wildman–Crippen LogP) is 2.45. The topological polar surface area (TPSA) is 72.9 Å². The number of carbonyl (C=O) groups excluding carboxylic acids is 1. The Balaban J connectivity index is 1.71. The molecule has 0 spiro atoms. The third-order valence-electron chi connectivity index (χ3n) is 4.20. The molecule has 8 heteroatoms. The van der Waals surface area contributed by atoms with Crippen LogP contribution >= 0.6 is 11.3 Å². The van der Waals surface area contributed by atoms with Gasteiger partial charge in [0.15, 0.2) is 5.13 Å². The maximum Gasteiger partial charge on any atom is 0.263 e. The number of methoxy groups -OCH3 is 1. The fourth-order valence-electron chi connectivity index (χ4n) is 2.75. The van der Waals surface area contributed by atoms with Crippen molar-refractivity contribution < 1.29 is 19.0 Å². The van der Waals surface area contributed by atoms with Gasteiger partial charge in [0.2, 0.25) is 0 Å². The molecule has 27 heavy (non-hydrogen) atoms. The van der Waals surface area contributed by atoms with Gasteiger partial charge in [-0.3, -0.25) is 4.79 Å². The first-order valence-corrected chi connectivity index (χ1v) is 9.84. The standard InChI is InChI=1S/C19H25N3O4S/c1-3-25-13-16-17(27-19(21-16)22-7-9-26-10-8-22)18(23)20-12-14-5-4-6-15(11-14)24-2/h4-6,11H,3,7-10,12-13H2,1-2H3,(H,20,23). The largest absolute Gasteiger partial charge is 0.497 e. The zero-order valence-electron chi connectivity index (χ0n) is 15.7. The number of ether oxygens (including phenoxy) is 3. The van der Waals surface area contributed by atoms with Crippen LogP contribution in [0.15, 0.2) is 24.3 Å². The van der Waals surface area contributed by atoms with Crippen molar-refractivity contribution in [2.45, 2.75) is 20.1 Å². The second-order valence-corrected chi connectivity index (χ2v) is 7.02. The third-order valence-corrected chi connectivity index (χ3v) is 5.36. The molecule has 3 rings (SSSR count). The van der Waals surface area contributed by atoms with Gasteiger partial charge in [-0.05, 0) is 24.6 Å². The molecule has 7 nitrogen and oxygen atoms in total. The molecule has 2 aromatic rings. The van der Waals surface area contributed by atoms with Crippen LogP contribution in [0.3, 0.4) is 0 Å². The molecule has 0 unspecified atom stereocenters. The van der Waals surface area contributed by atoms with Crippen molar-refractivity contribution in [2.24, 2.45) is 0 Å². The second-order valence-electron chi connectivity index (χ2n) is 6.04. The maximum absolute atomic E-state index is 12.8. The van der Waals surface area contributed by atoms with E-state index in [1.807, 2.05) is 31.2 Å². The highest BCUT2D eigenvalue weighted by atomic mass is 32.1. The molecule has 1 aliphatic rings. The molecule has 1 fully saturated rings. The summed E-state index contributed by atoms with van der Waals surface area (Å²) in [7, 11) is 1.63. The van der Waals surface area contributed by atoms with Gasteiger partial charge in [-0.2, -0.15) is 0 Å². The van der Waals surface area contributed by atoms with E-state index in [2.05, 4.69) is 15.2 Å². The van der Waals surface area contributed by atoms with E-state index in [1.54, 1.807) is 7.11 Å². The summed E-state index contributed by atoms with van der Waals surface area (Å²) in [5.41, 5.74) is 1.67. The van der Waals surface area contributed by atoms with E-state index in [4.69, 9.17) is 14.2 Å². The van der Waals surface area contributed by atoms with Gasteiger partial charge in [0, 0.05) is 26.2 Å². The lowest BCUT2D eigenvalue weighted by Crippen LogP contribution is -2.36. The second kappa shape index (κ2) is 9.68. The molecule has 2 heterocycles. The van der Waals surface area contributed by atoms with Crippen molar-refractivity contribution >= 4 is 22.4 Å². The predicted molar refractivity (Wildman–Crippen MR) is 105 cm³/mol. The smallest absolute Gasteiger partial charge is 0.263 e. The molecule has 1 N–H and O–H groups in total. The zero-order chi connectivity index (χ0) is 19.1. The number of amides is 1. The van der Waals surface area contributed by atoms with E-state index in [0.717, 1.165) is 29.5 Å². The molecule has 0 atom stereocenters. The normalized spacial score (nSPS) is 14.2. The lowest BCUT2D eigenvalue weighted by molar-refractivity contribution is 0.0944. The average Bonchev–Trinajstić information content (AvgIpc) is 3.15. The number of morpholine rings is 1. The number of benzene rings is 1. The monoisotopic (exact) mass is 391 g/mol. The average molecular weight is 391 g/mol. The van der Waals surface area contributed by atoms with Gasteiger partial charge >= 0.3 is 0 Å². The van der Waals surface area contributed by atoms with Crippen molar-refractivity contribution in [3.63, 3.8) is 0 Å². The Morgan fingerprint density at radius 1 is 1.37 bits per heavy atom. The number of nitrogens with one attached hydrogen (secondary N) is 1. The summed E-state index contributed by atoms with van der Waals surface area (Å²) in [6, 6.07) is 7.65. The lowest BCUT2D eigenvalue weighted by Gasteiger charge is -2.26. The summed E-state index contributed by atoms with van der Waals surface area (Å²) in [4.78, 5) is 20.2. The number of hydrogen-bond donors (Lipinski definition) is 1. The molecule has 1 amide bonds. The summed E-state index contributed by atoms with van der Waals surface area (Å²) < 4.78 is 16.1. The highest BCUT2D eigenvalue weighted by molar-refractivity contribution is 7.17. The van der Waals surface area contributed by atoms with Crippen LogP contribution in [0.5, 0.6) is 5.75 Å². The highest BCUT2D eigenvalue weighted by Gasteiger charge is 2.22. The van der Waals surface area contributed by atoms with Gasteiger partial charge in [0.05, 0.1) is 32.6 Å². The third kappa shape index (κ3) is 5.18. The summed E-state index contributed by atoms with van der Waals surface area (Å²) in [5, 5.41) is 3.82. The first-order chi connectivity index (χ1) is 13.2. The van der Waals surface area contributed by atoms with Crippen molar-refractivity contribution in [1.82, 2.24) is 10.3 Å². The van der Waals surface area contributed by atoms with Crippen molar-refractivity contribution in [3.8, 4) is 5.75 Å². The number of carbonyl (C=O) groups is 1. The van der Waals surface area contributed by atoms with Crippen molar-refractivity contribution in [3.05, 3.63) is 40.4 Å². The van der Waals surface area contributed by atoms with E-state index in [0.29, 0.717) is 43.5 Å². The Bertz CT molecular complexity index is 759. The van der Waals surface area contributed by atoms with Crippen LogP contribution in [0, 0.1) is 0 Å². The van der Waals surface area contributed by atoms with Gasteiger partial charge in [-0.1, -0.05) is 23.5 Å². The van der Waals surface area contributed by atoms with E-state index in [1.165, 1.54) is 11.3 Å². The SMILES string of the molecule is CCOCc1nc(N2CCOCC2)sc1C(=O)NCc1cccc(OC)c1. The molecule has 146 valence electrons. The minimum atomic E-state index is -0.135. The fourth-order valence-corrected chi connectivity index (χ4v) is 3.79. The first-order valence-electron chi connectivity index (χ1n) is 9.02. The number of anilines is 1.